The predicted octanol–water partition coefficient (Wildman–Crippen LogP) is 2.41. The largest absolute Gasteiger partial charge is 0.480 e. The number of carboxylic acid groups (broad SMARTS) is 1. The van der Waals surface area contributed by atoms with Crippen molar-refractivity contribution in [3.63, 3.8) is 0 Å². The van der Waals surface area contributed by atoms with Crippen LogP contribution in [0.2, 0.25) is 0 Å². The molecule has 0 spiro atoms. The summed E-state index contributed by atoms with van der Waals surface area (Å²) in [5.41, 5.74) is 0. The number of likely N-dealkylation sites (N-methyl/N-ethyl adjacent to an activating group) is 1. The molecule has 1 fully saturated rings. The van der Waals surface area contributed by atoms with Gasteiger partial charge in [0.2, 0.25) is 0 Å². The first kappa shape index (κ1) is 17.7. The summed E-state index contributed by atoms with van der Waals surface area (Å²) in [6.07, 6.45) is 5.36. The number of carboxylic acids is 1. The van der Waals surface area contributed by atoms with Crippen molar-refractivity contribution in [3.05, 3.63) is 0 Å². The van der Waals surface area contributed by atoms with Crippen LogP contribution in [0.5, 0.6) is 0 Å². The van der Waals surface area contributed by atoms with Gasteiger partial charge >= 0.3 is 5.97 Å². The zero-order valence-electron chi connectivity index (χ0n) is 11.6. The Morgan fingerprint density at radius 3 is 2.61 bits per heavy atom. The van der Waals surface area contributed by atoms with Crippen molar-refractivity contribution < 1.29 is 14.6 Å². The van der Waals surface area contributed by atoms with E-state index < -0.39 is 12.0 Å². The van der Waals surface area contributed by atoms with Gasteiger partial charge in [0, 0.05) is 6.54 Å². The summed E-state index contributed by atoms with van der Waals surface area (Å²) < 4.78 is 5.86. The summed E-state index contributed by atoms with van der Waals surface area (Å²) in [4.78, 5) is 12.6. The van der Waals surface area contributed by atoms with Crippen LogP contribution >= 0.6 is 12.4 Å². The average Bonchev–Trinajstić information content (AvgIpc) is 2.30. The van der Waals surface area contributed by atoms with E-state index in [9.17, 15) is 4.79 Å². The van der Waals surface area contributed by atoms with Gasteiger partial charge in [-0.05, 0) is 32.7 Å². The first-order valence-electron chi connectivity index (χ1n) is 6.57. The number of aliphatic carboxylic acids is 1. The van der Waals surface area contributed by atoms with Gasteiger partial charge in [-0.3, -0.25) is 9.69 Å². The molecule has 0 heterocycles. The molecule has 108 valence electrons. The first-order chi connectivity index (χ1) is 8.02. The number of hydrogen-bond acceptors (Lipinski definition) is 3. The Morgan fingerprint density at radius 1 is 1.44 bits per heavy atom. The van der Waals surface area contributed by atoms with Crippen molar-refractivity contribution in [1.82, 2.24) is 4.90 Å². The summed E-state index contributed by atoms with van der Waals surface area (Å²) in [6, 6.07) is -0.442. The van der Waals surface area contributed by atoms with Gasteiger partial charge in [0.15, 0.2) is 0 Å². The molecule has 1 aliphatic rings. The van der Waals surface area contributed by atoms with Crippen molar-refractivity contribution in [1.29, 1.82) is 0 Å². The molecule has 1 rings (SSSR count). The standard InChI is InChI=1S/C13H25NO3.ClH/c1-10-6-4-5-7-12(10)17-9-8-14(3)11(2)13(15)16;/h10-12H,4-9H2,1-3H3,(H,15,16);1H. The number of carbonyl (C=O) groups is 1. The highest BCUT2D eigenvalue weighted by atomic mass is 35.5. The maximum Gasteiger partial charge on any atom is 0.320 e. The lowest BCUT2D eigenvalue weighted by atomic mass is 9.88. The van der Waals surface area contributed by atoms with Gasteiger partial charge in [-0.25, -0.2) is 0 Å². The van der Waals surface area contributed by atoms with Crippen LogP contribution in [0.15, 0.2) is 0 Å². The molecule has 18 heavy (non-hydrogen) atoms. The molecule has 1 aliphatic carbocycles. The summed E-state index contributed by atoms with van der Waals surface area (Å²) >= 11 is 0. The van der Waals surface area contributed by atoms with Crippen LogP contribution in [0.4, 0.5) is 0 Å². The summed E-state index contributed by atoms with van der Waals surface area (Å²) in [5.74, 6) is -0.135. The number of hydrogen-bond donors (Lipinski definition) is 1. The minimum absolute atomic E-state index is 0. The van der Waals surface area contributed by atoms with E-state index in [4.69, 9.17) is 9.84 Å². The van der Waals surface area contributed by atoms with E-state index in [-0.39, 0.29) is 12.4 Å². The second kappa shape index (κ2) is 8.73. The molecular weight excluding hydrogens is 254 g/mol. The highest BCUT2D eigenvalue weighted by Crippen LogP contribution is 2.26. The Labute approximate surface area is 116 Å². The van der Waals surface area contributed by atoms with E-state index in [1.54, 1.807) is 6.92 Å². The monoisotopic (exact) mass is 279 g/mol. The van der Waals surface area contributed by atoms with Crippen molar-refractivity contribution in [2.24, 2.45) is 5.92 Å². The summed E-state index contributed by atoms with van der Waals surface area (Å²) in [5, 5.41) is 8.86. The highest BCUT2D eigenvalue weighted by molar-refractivity contribution is 5.85. The molecule has 0 aromatic rings. The number of nitrogens with zero attached hydrogens (tertiary/aromatic N) is 1. The van der Waals surface area contributed by atoms with Gasteiger partial charge < -0.3 is 9.84 Å². The van der Waals surface area contributed by atoms with Gasteiger partial charge in [-0.1, -0.05) is 19.8 Å². The third-order valence-corrected chi connectivity index (χ3v) is 3.83. The fourth-order valence-corrected chi connectivity index (χ4v) is 2.26. The second-order valence-electron chi connectivity index (χ2n) is 5.17. The van der Waals surface area contributed by atoms with Crippen LogP contribution in [0.3, 0.4) is 0 Å². The molecule has 1 saturated carbocycles. The average molecular weight is 280 g/mol. The van der Waals surface area contributed by atoms with Crippen molar-refractivity contribution in [3.8, 4) is 0 Å². The maximum absolute atomic E-state index is 10.8. The number of halogens is 1. The van der Waals surface area contributed by atoms with E-state index in [0.29, 0.717) is 25.2 Å². The SMILES string of the molecule is CC1CCCCC1OCCN(C)C(C)C(=O)O.Cl. The Morgan fingerprint density at radius 2 is 2.06 bits per heavy atom. The zero-order valence-corrected chi connectivity index (χ0v) is 12.4. The van der Waals surface area contributed by atoms with E-state index in [1.807, 2.05) is 11.9 Å². The van der Waals surface area contributed by atoms with Gasteiger partial charge in [0.1, 0.15) is 6.04 Å². The molecule has 3 atom stereocenters. The van der Waals surface area contributed by atoms with Gasteiger partial charge in [0.05, 0.1) is 12.7 Å². The highest BCUT2D eigenvalue weighted by Gasteiger charge is 2.22. The van der Waals surface area contributed by atoms with Crippen molar-refractivity contribution >= 4 is 18.4 Å². The molecule has 0 saturated heterocycles. The molecule has 0 aromatic carbocycles. The Balaban J connectivity index is 0.00000289. The molecule has 0 aliphatic heterocycles. The minimum Gasteiger partial charge on any atom is -0.480 e. The molecular formula is C13H26ClNO3. The molecule has 5 heteroatoms. The van der Waals surface area contributed by atoms with E-state index in [1.165, 1.54) is 19.3 Å². The topological polar surface area (TPSA) is 49.8 Å². The molecule has 0 aromatic heterocycles. The Bertz CT molecular complexity index is 250. The lowest BCUT2D eigenvalue weighted by Crippen LogP contribution is -2.39. The van der Waals surface area contributed by atoms with Crippen LogP contribution in [-0.4, -0.2) is 48.3 Å². The van der Waals surface area contributed by atoms with Crippen molar-refractivity contribution in [2.75, 3.05) is 20.2 Å². The predicted molar refractivity (Wildman–Crippen MR) is 74.3 cm³/mol. The fourth-order valence-electron chi connectivity index (χ4n) is 2.26. The fraction of sp³-hybridized carbons (Fsp3) is 0.923. The molecule has 0 amide bonds. The zero-order chi connectivity index (χ0) is 12.8. The normalized spacial score (nSPS) is 25.6. The van der Waals surface area contributed by atoms with Crippen LogP contribution in [0.1, 0.15) is 39.5 Å². The summed E-state index contributed by atoms with van der Waals surface area (Å²) in [6.45, 7) is 5.25. The second-order valence-corrected chi connectivity index (χ2v) is 5.17. The lowest BCUT2D eigenvalue weighted by Gasteiger charge is -2.30. The van der Waals surface area contributed by atoms with Gasteiger partial charge in [0.25, 0.3) is 0 Å². The molecule has 0 bridgehead atoms. The van der Waals surface area contributed by atoms with Crippen LogP contribution in [-0.2, 0) is 9.53 Å². The van der Waals surface area contributed by atoms with Crippen molar-refractivity contribution in [2.45, 2.75) is 51.7 Å². The van der Waals surface area contributed by atoms with Crippen LogP contribution in [0, 0.1) is 5.92 Å². The van der Waals surface area contributed by atoms with E-state index in [0.717, 1.165) is 6.42 Å². The quantitative estimate of drug-likeness (QED) is 0.811. The lowest BCUT2D eigenvalue weighted by molar-refractivity contribution is -0.142. The third-order valence-electron chi connectivity index (χ3n) is 3.83. The van der Waals surface area contributed by atoms with Crippen LogP contribution in [0.25, 0.3) is 0 Å². The number of rotatable bonds is 6. The Kier molecular flexibility index (Phi) is 8.57. The van der Waals surface area contributed by atoms with Crippen LogP contribution < -0.4 is 0 Å². The maximum atomic E-state index is 10.8. The third kappa shape index (κ3) is 5.55. The smallest absolute Gasteiger partial charge is 0.320 e. The van der Waals surface area contributed by atoms with E-state index >= 15 is 0 Å². The molecule has 0 radical (unpaired) electrons. The minimum atomic E-state index is -0.779. The van der Waals surface area contributed by atoms with Gasteiger partial charge in [-0.15, -0.1) is 12.4 Å². The number of ether oxygens (including phenoxy) is 1. The van der Waals surface area contributed by atoms with E-state index in [2.05, 4.69) is 6.92 Å². The van der Waals surface area contributed by atoms with Gasteiger partial charge in [-0.2, -0.15) is 0 Å². The molecule has 1 N–H and O–H groups in total. The first-order valence-corrected chi connectivity index (χ1v) is 6.57. The summed E-state index contributed by atoms with van der Waals surface area (Å²) in [7, 11) is 1.83. The molecule has 4 nitrogen and oxygen atoms in total. The molecule has 3 unspecified atom stereocenters. The Hall–Kier alpha value is -0.320.